The van der Waals surface area contributed by atoms with E-state index in [1.165, 1.54) is 6.66 Å². The standard InChI is InChI=1S/CH5O2P.K.H/c1-4(2)3;;/h4H,1H3,(H,2,3);;. The van der Waals surface area contributed by atoms with Crippen LogP contribution in [0.5, 0.6) is 0 Å². The minimum atomic E-state index is -2.13. The van der Waals surface area contributed by atoms with Crippen molar-refractivity contribution in [3.63, 3.8) is 0 Å². The van der Waals surface area contributed by atoms with Crippen molar-refractivity contribution >= 4 is 59.4 Å². The van der Waals surface area contributed by atoms with Crippen LogP contribution in [0.3, 0.4) is 0 Å². The SMILES string of the molecule is C[PH](=O)O.[KH]. The summed E-state index contributed by atoms with van der Waals surface area (Å²) in [6.45, 7) is 1.27. The molecule has 5 heavy (non-hydrogen) atoms. The molecular formula is CH6KO2P. The summed E-state index contributed by atoms with van der Waals surface area (Å²) in [5.74, 6) is 0. The second kappa shape index (κ2) is 5.83. The average molecular weight is 120 g/mol. The zero-order valence-corrected chi connectivity index (χ0v) is 3.36. The topological polar surface area (TPSA) is 37.3 Å². The van der Waals surface area contributed by atoms with E-state index in [1.54, 1.807) is 0 Å². The van der Waals surface area contributed by atoms with E-state index >= 15 is 0 Å². The van der Waals surface area contributed by atoms with Crippen molar-refractivity contribution < 1.29 is 9.46 Å². The van der Waals surface area contributed by atoms with Gasteiger partial charge in [-0.2, -0.15) is 0 Å². The Morgan fingerprint density at radius 1 is 1.80 bits per heavy atom. The van der Waals surface area contributed by atoms with Gasteiger partial charge in [0.15, 0.2) is 8.03 Å². The van der Waals surface area contributed by atoms with E-state index in [4.69, 9.17) is 4.89 Å². The third kappa shape index (κ3) is 25.6. The Bertz CT molecular complexity index is 32.6. The number of hydrogen-bond acceptors (Lipinski definition) is 1. The summed E-state index contributed by atoms with van der Waals surface area (Å²) in [7, 11) is -2.13. The molecule has 0 saturated carbocycles. The molecule has 0 aromatic carbocycles. The predicted molar refractivity (Wildman–Crippen MR) is 24.3 cm³/mol. The normalized spacial score (nSPS) is 12.4. The molecule has 0 heterocycles. The van der Waals surface area contributed by atoms with Crippen LogP contribution in [-0.4, -0.2) is 62.9 Å². The van der Waals surface area contributed by atoms with Crippen LogP contribution in [0.2, 0.25) is 0 Å². The van der Waals surface area contributed by atoms with Gasteiger partial charge in [0.1, 0.15) is 0 Å². The molecule has 0 aliphatic rings. The van der Waals surface area contributed by atoms with Gasteiger partial charge in [0.25, 0.3) is 0 Å². The summed E-state index contributed by atoms with van der Waals surface area (Å²) in [5.41, 5.74) is 0. The van der Waals surface area contributed by atoms with Crippen molar-refractivity contribution in [2.45, 2.75) is 0 Å². The van der Waals surface area contributed by atoms with Gasteiger partial charge in [-0.1, -0.05) is 0 Å². The molecule has 4 heteroatoms. The van der Waals surface area contributed by atoms with Crippen LogP contribution in [0.1, 0.15) is 0 Å². The van der Waals surface area contributed by atoms with Gasteiger partial charge in [-0.3, -0.25) is 4.57 Å². The Balaban J connectivity index is 0. The van der Waals surface area contributed by atoms with Gasteiger partial charge >= 0.3 is 51.4 Å². The van der Waals surface area contributed by atoms with E-state index in [9.17, 15) is 4.57 Å². The fraction of sp³-hybridized carbons (Fsp3) is 1.00. The van der Waals surface area contributed by atoms with E-state index < -0.39 is 8.03 Å². The number of hydrogen-bond donors (Lipinski definition) is 1. The second-order valence-corrected chi connectivity index (χ2v) is 1.56. The van der Waals surface area contributed by atoms with Crippen LogP contribution in [0, 0.1) is 0 Å². The molecule has 0 aromatic rings. The molecule has 0 saturated heterocycles. The van der Waals surface area contributed by atoms with E-state index in [1.807, 2.05) is 0 Å². The molecule has 2 nitrogen and oxygen atoms in total. The molecule has 0 aromatic heterocycles. The third-order valence-electron chi connectivity index (χ3n) is 0. The van der Waals surface area contributed by atoms with Crippen LogP contribution in [0.15, 0.2) is 0 Å². The van der Waals surface area contributed by atoms with E-state index in [0.717, 1.165) is 0 Å². The van der Waals surface area contributed by atoms with E-state index in [0.29, 0.717) is 0 Å². The maximum absolute atomic E-state index is 9.19. The molecular weight excluding hydrogens is 114 g/mol. The van der Waals surface area contributed by atoms with Crippen molar-refractivity contribution in [2.24, 2.45) is 0 Å². The quantitative estimate of drug-likeness (QED) is 0.343. The average Bonchev–Trinajstić information content (AvgIpc) is 0.811. The Kier molecular flexibility index (Phi) is 11.6. The molecule has 0 bridgehead atoms. The van der Waals surface area contributed by atoms with Crippen molar-refractivity contribution in [1.82, 2.24) is 0 Å². The minimum absolute atomic E-state index is 0. The summed E-state index contributed by atoms with van der Waals surface area (Å²) in [6.07, 6.45) is 0. The summed E-state index contributed by atoms with van der Waals surface area (Å²) in [5, 5.41) is 0. The molecule has 1 atom stereocenters. The van der Waals surface area contributed by atoms with Crippen LogP contribution in [0.25, 0.3) is 0 Å². The van der Waals surface area contributed by atoms with Crippen molar-refractivity contribution in [3.8, 4) is 0 Å². The van der Waals surface area contributed by atoms with Gasteiger partial charge < -0.3 is 4.89 Å². The summed E-state index contributed by atoms with van der Waals surface area (Å²) >= 11 is 0. The molecule has 0 radical (unpaired) electrons. The summed E-state index contributed by atoms with van der Waals surface area (Å²) in [6, 6.07) is 0. The van der Waals surface area contributed by atoms with Crippen molar-refractivity contribution in [2.75, 3.05) is 6.66 Å². The monoisotopic (exact) mass is 120 g/mol. The summed E-state index contributed by atoms with van der Waals surface area (Å²) in [4.78, 5) is 7.60. The maximum atomic E-state index is 9.19. The van der Waals surface area contributed by atoms with E-state index in [2.05, 4.69) is 0 Å². The molecule has 0 spiro atoms. The van der Waals surface area contributed by atoms with Crippen molar-refractivity contribution in [3.05, 3.63) is 0 Å². The van der Waals surface area contributed by atoms with E-state index in [-0.39, 0.29) is 51.4 Å². The van der Waals surface area contributed by atoms with Crippen LogP contribution < -0.4 is 0 Å². The first-order chi connectivity index (χ1) is 1.73. The molecule has 0 aliphatic carbocycles. The Labute approximate surface area is 74.2 Å². The van der Waals surface area contributed by atoms with Crippen LogP contribution in [-0.2, 0) is 4.57 Å². The molecule has 0 rings (SSSR count). The molecule has 0 aliphatic heterocycles. The third-order valence-corrected chi connectivity index (χ3v) is 0. The molecule has 1 unspecified atom stereocenters. The van der Waals surface area contributed by atoms with Gasteiger partial charge in [-0.15, -0.1) is 0 Å². The van der Waals surface area contributed by atoms with Gasteiger partial charge in [0, 0.05) is 6.66 Å². The predicted octanol–water partition coefficient (Wildman–Crippen LogP) is -0.565. The Morgan fingerprint density at radius 2 is 1.80 bits per heavy atom. The molecule has 0 amide bonds. The van der Waals surface area contributed by atoms with Gasteiger partial charge in [0.05, 0.1) is 0 Å². The fourth-order valence-electron chi connectivity index (χ4n) is 0. The first-order valence-corrected chi connectivity index (χ1v) is 2.78. The zero-order valence-electron chi connectivity index (χ0n) is 2.36. The second-order valence-electron chi connectivity index (χ2n) is 0.519. The van der Waals surface area contributed by atoms with Gasteiger partial charge in [0.2, 0.25) is 0 Å². The van der Waals surface area contributed by atoms with Gasteiger partial charge in [-0.05, 0) is 0 Å². The Morgan fingerprint density at radius 3 is 1.80 bits per heavy atom. The number of rotatable bonds is 0. The first-order valence-electron chi connectivity index (χ1n) is 0.928. The molecule has 0 fully saturated rings. The molecule has 28 valence electrons. The molecule has 1 N–H and O–H groups in total. The summed E-state index contributed by atoms with van der Waals surface area (Å²) < 4.78 is 9.19. The van der Waals surface area contributed by atoms with Crippen LogP contribution >= 0.6 is 8.03 Å². The zero-order chi connectivity index (χ0) is 3.58. The first kappa shape index (κ1) is 9.95. The van der Waals surface area contributed by atoms with Gasteiger partial charge in [-0.25, -0.2) is 0 Å². The fourth-order valence-corrected chi connectivity index (χ4v) is 0. The Hall–Kier alpha value is 1.83. The van der Waals surface area contributed by atoms with Crippen LogP contribution in [0.4, 0.5) is 0 Å². The van der Waals surface area contributed by atoms with Crippen molar-refractivity contribution in [1.29, 1.82) is 0 Å².